The first-order valence-electron chi connectivity index (χ1n) is 7.74. The zero-order valence-electron chi connectivity index (χ0n) is 14.4. The number of para-hydroxylation sites is 1. The SMILES string of the molecule is CNc1ccccc1C(=O)OCC(=O)Nc1c(C)cc(C)cc1C. The van der Waals surface area contributed by atoms with Gasteiger partial charge in [0.15, 0.2) is 6.61 Å². The summed E-state index contributed by atoms with van der Waals surface area (Å²) in [6, 6.07) is 11.0. The number of benzene rings is 2. The van der Waals surface area contributed by atoms with E-state index >= 15 is 0 Å². The van der Waals surface area contributed by atoms with Crippen LogP contribution in [0.25, 0.3) is 0 Å². The normalized spacial score (nSPS) is 10.2. The van der Waals surface area contributed by atoms with Crippen molar-refractivity contribution in [3.8, 4) is 0 Å². The summed E-state index contributed by atoms with van der Waals surface area (Å²) in [4.78, 5) is 24.2. The zero-order valence-corrected chi connectivity index (χ0v) is 14.4. The Labute approximate surface area is 142 Å². The molecule has 0 aliphatic heterocycles. The second-order valence-corrected chi connectivity index (χ2v) is 5.69. The molecule has 5 nitrogen and oxygen atoms in total. The molecule has 2 aromatic rings. The second kappa shape index (κ2) is 7.64. The molecule has 5 heteroatoms. The molecule has 0 heterocycles. The van der Waals surface area contributed by atoms with Crippen molar-refractivity contribution in [1.82, 2.24) is 0 Å². The highest BCUT2D eigenvalue weighted by Gasteiger charge is 2.14. The number of esters is 1. The molecule has 0 radical (unpaired) electrons. The second-order valence-electron chi connectivity index (χ2n) is 5.69. The Balaban J connectivity index is 2.00. The molecule has 0 atom stereocenters. The molecule has 0 bridgehead atoms. The minimum Gasteiger partial charge on any atom is -0.452 e. The van der Waals surface area contributed by atoms with Crippen LogP contribution in [0.15, 0.2) is 36.4 Å². The van der Waals surface area contributed by atoms with Crippen LogP contribution >= 0.6 is 0 Å². The molecule has 2 N–H and O–H groups in total. The van der Waals surface area contributed by atoms with Crippen molar-refractivity contribution in [1.29, 1.82) is 0 Å². The van der Waals surface area contributed by atoms with Crippen LogP contribution in [0.4, 0.5) is 11.4 Å². The van der Waals surface area contributed by atoms with Gasteiger partial charge >= 0.3 is 5.97 Å². The molecule has 0 aliphatic rings. The van der Waals surface area contributed by atoms with Gasteiger partial charge in [-0.3, -0.25) is 4.79 Å². The lowest BCUT2D eigenvalue weighted by Crippen LogP contribution is -2.22. The Morgan fingerprint density at radius 2 is 1.67 bits per heavy atom. The third kappa shape index (κ3) is 4.13. The molecule has 0 spiro atoms. The molecular weight excluding hydrogens is 304 g/mol. The number of amides is 1. The van der Waals surface area contributed by atoms with E-state index in [0.717, 1.165) is 22.4 Å². The molecule has 2 rings (SSSR count). The summed E-state index contributed by atoms with van der Waals surface area (Å²) in [5.41, 5.74) is 4.92. The fourth-order valence-electron chi connectivity index (χ4n) is 2.64. The van der Waals surface area contributed by atoms with Crippen molar-refractivity contribution in [3.63, 3.8) is 0 Å². The number of hydrogen-bond acceptors (Lipinski definition) is 4. The number of hydrogen-bond donors (Lipinski definition) is 2. The van der Waals surface area contributed by atoms with Gasteiger partial charge in [-0.05, 0) is 44.0 Å². The Morgan fingerprint density at radius 1 is 1.04 bits per heavy atom. The monoisotopic (exact) mass is 326 g/mol. The van der Waals surface area contributed by atoms with E-state index in [2.05, 4.69) is 10.6 Å². The average molecular weight is 326 g/mol. The van der Waals surface area contributed by atoms with Gasteiger partial charge in [0, 0.05) is 18.4 Å². The van der Waals surface area contributed by atoms with Crippen LogP contribution in [0.5, 0.6) is 0 Å². The van der Waals surface area contributed by atoms with E-state index in [4.69, 9.17) is 4.74 Å². The van der Waals surface area contributed by atoms with Crippen molar-refractivity contribution in [3.05, 3.63) is 58.7 Å². The third-order valence-electron chi connectivity index (χ3n) is 3.69. The average Bonchev–Trinajstić information content (AvgIpc) is 2.55. The Hall–Kier alpha value is -2.82. The van der Waals surface area contributed by atoms with Crippen LogP contribution < -0.4 is 10.6 Å². The van der Waals surface area contributed by atoms with Crippen LogP contribution in [-0.2, 0) is 9.53 Å². The van der Waals surface area contributed by atoms with Gasteiger partial charge < -0.3 is 15.4 Å². The molecule has 0 aromatic heterocycles. The van der Waals surface area contributed by atoms with Crippen molar-refractivity contribution >= 4 is 23.3 Å². The maximum Gasteiger partial charge on any atom is 0.340 e. The number of ether oxygens (including phenoxy) is 1. The molecule has 0 saturated heterocycles. The number of carbonyl (C=O) groups is 2. The molecule has 0 aliphatic carbocycles. The van der Waals surface area contributed by atoms with Gasteiger partial charge in [-0.25, -0.2) is 4.79 Å². The van der Waals surface area contributed by atoms with Crippen molar-refractivity contribution in [2.45, 2.75) is 20.8 Å². The topological polar surface area (TPSA) is 67.4 Å². The maximum absolute atomic E-state index is 12.1. The van der Waals surface area contributed by atoms with Crippen molar-refractivity contribution < 1.29 is 14.3 Å². The van der Waals surface area contributed by atoms with Gasteiger partial charge in [0.1, 0.15) is 0 Å². The number of rotatable bonds is 5. The van der Waals surface area contributed by atoms with E-state index < -0.39 is 5.97 Å². The standard InChI is InChI=1S/C19H22N2O3/c1-12-9-13(2)18(14(3)10-12)21-17(22)11-24-19(23)15-7-5-6-8-16(15)20-4/h5-10,20H,11H2,1-4H3,(H,21,22). The molecule has 1 amide bonds. The molecule has 0 fully saturated rings. The third-order valence-corrected chi connectivity index (χ3v) is 3.69. The minimum atomic E-state index is -0.535. The lowest BCUT2D eigenvalue weighted by molar-refractivity contribution is -0.119. The first-order chi connectivity index (χ1) is 11.4. The van der Waals surface area contributed by atoms with Gasteiger partial charge in [-0.15, -0.1) is 0 Å². The summed E-state index contributed by atoms with van der Waals surface area (Å²) in [6.07, 6.45) is 0. The summed E-state index contributed by atoms with van der Waals surface area (Å²) in [7, 11) is 1.72. The molecule has 24 heavy (non-hydrogen) atoms. The fraction of sp³-hybridized carbons (Fsp3) is 0.263. The van der Waals surface area contributed by atoms with Crippen LogP contribution in [0.3, 0.4) is 0 Å². The summed E-state index contributed by atoms with van der Waals surface area (Å²) < 4.78 is 5.12. The highest BCUT2D eigenvalue weighted by molar-refractivity contribution is 5.99. The largest absolute Gasteiger partial charge is 0.452 e. The summed E-state index contributed by atoms with van der Waals surface area (Å²) in [5, 5.41) is 5.73. The lowest BCUT2D eigenvalue weighted by Gasteiger charge is -2.13. The number of aryl methyl sites for hydroxylation is 3. The van der Waals surface area contributed by atoms with Gasteiger partial charge in [-0.2, -0.15) is 0 Å². The Kier molecular flexibility index (Phi) is 5.58. The van der Waals surface area contributed by atoms with Gasteiger partial charge in [0.2, 0.25) is 0 Å². The Morgan fingerprint density at radius 3 is 2.29 bits per heavy atom. The van der Waals surface area contributed by atoms with E-state index in [1.807, 2.05) is 39.0 Å². The molecule has 0 saturated carbocycles. The zero-order chi connectivity index (χ0) is 17.7. The number of carbonyl (C=O) groups excluding carboxylic acids is 2. The predicted octanol–water partition coefficient (Wildman–Crippen LogP) is 3.45. The maximum atomic E-state index is 12.1. The minimum absolute atomic E-state index is 0.330. The molecule has 126 valence electrons. The van der Waals surface area contributed by atoms with Crippen LogP contribution in [0, 0.1) is 20.8 Å². The van der Waals surface area contributed by atoms with Gasteiger partial charge in [-0.1, -0.05) is 29.8 Å². The molecule has 2 aromatic carbocycles. The van der Waals surface area contributed by atoms with E-state index in [0.29, 0.717) is 11.3 Å². The quantitative estimate of drug-likeness (QED) is 0.826. The molecule has 0 unspecified atom stereocenters. The first-order valence-corrected chi connectivity index (χ1v) is 7.74. The van der Waals surface area contributed by atoms with E-state index in [1.54, 1.807) is 25.2 Å². The summed E-state index contributed by atoms with van der Waals surface area (Å²) in [6.45, 7) is 5.55. The Bertz CT molecular complexity index is 746. The van der Waals surface area contributed by atoms with Crippen molar-refractivity contribution in [2.24, 2.45) is 0 Å². The van der Waals surface area contributed by atoms with Gasteiger partial charge in [0.05, 0.1) is 5.56 Å². The summed E-state index contributed by atoms with van der Waals surface area (Å²) >= 11 is 0. The fourth-order valence-corrected chi connectivity index (χ4v) is 2.64. The van der Waals surface area contributed by atoms with E-state index in [-0.39, 0.29) is 12.5 Å². The van der Waals surface area contributed by atoms with E-state index in [1.165, 1.54) is 0 Å². The first kappa shape index (κ1) is 17.5. The molecular formula is C19H22N2O3. The van der Waals surface area contributed by atoms with Gasteiger partial charge in [0.25, 0.3) is 5.91 Å². The number of nitrogens with one attached hydrogen (secondary N) is 2. The highest BCUT2D eigenvalue weighted by atomic mass is 16.5. The lowest BCUT2D eigenvalue weighted by atomic mass is 10.1. The van der Waals surface area contributed by atoms with E-state index in [9.17, 15) is 9.59 Å². The number of anilines is 2. The van der Waals surface area contributed by atoms with Crippen molar-refractivity contribution in [2.75, 3.05) is 24.3 Å². The highest BCUT2D eigenvalue weighted by Crippen LogP contribution is 2.22. The smallest absolute Gasteiger partial charge is 0.340 e. The van der Waals surface area contributed by atoms with Crippen LogP contribution in [0.2, 0.25) is 0 Å². The van der Waals surface area contributed by atoms with Crippen LogP contribution in [0.1, 0.15) is 27.0 Å². The summed E-state index contributed by atoms with van der Waals surface area (Å²) in [5.74, 6) is -0.896. The van der Waals surface area contributed by atoms with Crippen LogP contribution in [-0.4, -0.2) is 25.5 Å². The predicted molar refractivity (Wildman–Crippen MR) is 95.6 cm³/mol.